The van der Waals surface area contributed by atoms with Gasteiger partial charge in [0.05, 0.1) is 17.4 Å². The summed E-state index contributed by atoms with van der Waals surface area (Å²) in [5, 5.41) is 27.8. The van der Waals surface area contributed by atoms with Crippen molar-refractivity contribution in [2.24, 2.45) is 5.92 Å². The quantitative estimate of drug-likeness (QED) is 0.669. The van der Waals surface area contributed by atoms with Crippen molar-refractivity contribution >= 4 is 17.6 Å². The number of carboxylic acids is 2. The third kappa shape index (κ3) is 4.28. The Labute approximate surface area is 132 Å². The van der Waals surface area contributed by atoms with Gasteiger partial charge in [-0.2, -0.15) is 5.26 Å². The molecule has 1 aromatic rings. The fourth-order valence-electron chi connectivity index (χ4n) is 2.61. The van der Waals surface area contributed by atoms with Crippen molar-refractivity contribution in [3.63, 3.8) is 0 Å². The van der Waals surface area contributed by atoms with Gasteiger partial charge in [0.1, 0.15) is 6.07 Å². The summed E-state index contributed by atoms with van der Waals surface area (Å²) in [7, 11) is 0. The molecular formula is C15H16N4O4. The Kier molecular flexibility index (Phi) is 5.28. The molecule has 8 heteroatoms. The maximum atomic E-state index is 9.55. The minimum atomic E-state index is -1.26. The Balaban J connectivity index is 0.000000207. The zero-order chi connectivity index (χ0) is 16.8. The van der Waals surface area contributed by atoms with E-state index in [1.807, 2.05) is 12.3 Å². The van der Waals surface area contributed by atoms with Crippen molar-refractivity contribution in [1.29, 1.82) is 5.26 Å². The summed E-state index contributed by atoms with van der Waals surface area (Å²) in [5.74, 6) is -1.73. The van der Waals surface area contributed by atoms with Gasteiger partial charge >= 0.3 is 11.9 Å². The second-order valence-electron chi connectivity index (χ2n) is 5.19. The topological polar surface area (TPSA) is 127 Å². The largest absolute Gasteiger partial charge is 0.478 e. The van der Waals surface area contributed by atoms with E-state index in [1.54, 1.807) is 6.20 Å². The average Bonchev–Trinajstić information content (AvgIpc) is 2.87. The van der Waals surface area contributed by atoms with Gasteiger partial charge in [0.25, 0.3) is 0 Å². The van der Waals surface area contributed by atoms with Crippen LogP contribution in [0, 0.1) is 17.2 Å². The van der Waals surface area contributed by atoms with Crippen LogP contribution >= 0.6 is 0 Å². The summed E-state index contributed by atoms with van der Waals surface area (Å²) in [4.78, 5) is 25.5. The SMILES string of the molecule is N#Cc1cncc(N2C[C@@H]3CNC[C@@H]32)c1.O=C(O)/C=C/C(=O)O. The molecule has 2 saturated heterocycles. The number of carboxylic acid groups (broad SMARTS) is 2. The van der Waals surface area contributed by atoms with E-state index >= 15 is 0 Å². The lowest BCUT2D eigenvalue weighted by atomic mass is 9.91. The number of anilines is 1. The highest BCUT2D eigenvalue weighted by Gasteiger charge is 2.42. The van der Waals surface area contributed by atoms with Crippen LogP contribution in [0.2, 0.25) is 0 Å². The second kappa shape index (κ2) is 7.38. The molecule has 2 aliphatic heterocycles. The number of hydrogen-bond acceptors (Lipinski definition) is 6. The van der Waals surface area contributed by atoms with Gasteiger partial charge in [-0.1, -0.05) is 0 Å². The van der Waals surface area contributed by atoms with Gasteiger partial charge < -0.3 is 20.4 Å². The molecular weight excluding hydrogens is 300 g/mol. The van der Waals surface area contributed by atoms with Crippen LogP contribution in [0.4, 0.5) is 5.69 Å². The highest BCUT2D eigenvalue weighted by molar-refractivity contribution is 5.89. The lowest BCUT2D eigenvalue weighted by Crippen LogP contribution is -2.55. The predicted molar refractivity (Wildman–Crippen MR) is 80.9 cm³/mol. The third-order valence-corrected chi connectivity index (χ3v) is 3.69. The molecule has 23 heavy (non-hydrogen) atoms. The molecule has 120 valence electrons. The number of fused-ring (bicyclic) bond motifs is 1. The van der Waals surface area contributed by atoms with E-state index in [0.717, 1.165) is 31.2 Å². The Morgan fingerprint density at radius 2 is 2.00 bits per heavy atom. The molecule has 0 unspecified atom stereocenters. The average molecular weight is 316 g/mol. The van der Waals surface area contributed by atoms with E-state index in [9.17, 15) is 9.59 Å². The fourth-order valence-corrected chi connectivity index (χ4v) is 2.61. The number of nitriles is 1. The van der Waals surface area contributed by atoms with Crippen molar-refractivity contribution in [3.8, 4) is 6.07 Å². The van der Waals surface area contributed by atoms with Crippen molar-refractivity contribution in [3.05, 3.63) is 36.2 Å². The number of rotatable bonds is 3. The van der Waals surface area contributed by atoms with Crippen molar-refractivity contribution < 1.29 is 19.8 Å². The van der Waals surface area contributed by atoms with Gasteiger partial charge in [-0.3, -0.25) is 4.98 Å². The highest BCUT2D eigenvalue weighted by atomic mass is 16.4. The van der Waals surface area contributed by atoms with E-state index in [1.165, 1.54) is 0 Å². The first-order chi connectivity index (χ1) is 11.0. The molecule has 3 rings (SSSR count). The fraction of sp³-hybridized carbons (Fsp3) is 0.333. The monoisotopic (exact) mass is 316 g/mol. The molecule has 0 amide bonds. The van der Waals surface area contributed by atoms with E-state index < -0.39 is 11.9 Å². The Bertz CT molecular complexity index is 652. The zero-order valence-corrected chi connectivity index (χ0v) is 12.2. The standard InChI is InChI=1S/C11H12N4.C4H4O4/c12-2-8-1-10(5-13-3-8)15-7-9-4-14-6-11(9)15;5-3(6)1-2-4(7)8/h1,3,5,9,11,14H,4,6-7H2;1-2H,(H,5,6)(H,7,8)/b;2-1+/t9-,11-;/m0./s1. The van der Waals surface area contributed by atoms with Crippen LogP contribution in [0.5, 0.6) is 0 Å². The number of carbonyl (C=O) groups is 2. The first-order valence-electron chi connectivity index (χ1n) is 6.97. The first-order valence-corrected chi connectivity index (χ1v) is 6.97. The second-order valence-corrected chi connectivity index (χ2v) is 5.19. The summed E-state index contributed by atoms with van der Waals surface area (Å²) in [6.07, 6.45) is 4.56. The van der Waals surface area contributed by atoms with Crippen molar-refractivity contribution in [2.45, 2.75) is 6.04 Å². The molecule has 1 aromatic heterocycles. The highest BCUT2D eigenvalue weighted by Crippen LogP contribution is 2.32. The maximum Gasteiger partial charge on any atom is 0.328 e. The van der Waals surface area contributed by atoms with Crippen molar-refractivity contribution in [1.82, 2.24) is 10.3 Å². The van der Waals surface area contributed by atoms with Crippen LogP contribution in [0.3, 0.4) is 0 Å². The van der Waals surface area contributed by atoms with Gasteiger partial charge in [0.15, 0.2) is 0 Å². The van der Waals surface area contributed by atoms with E-state index in [2.05, 4.69) is 21.3 Å². The molecule has 0 aromatic carbocycles. The Morgan fingerprint density at radius 1 is 1.30 bits per heavy atom. The molecule has 0 bridgehead atoms. The molecule has 3 N–H and O–H groups in total. The van der Waals surface area contributed by atoms with Crippen LogP contribution in [-0.2, 0) is 9.59 Å². The summed E-state index contributed by atoms with van der Waals surface area (Å²) in [6.45, 7) is 3.28. The summed E-state index contributed by atoms with van der Waals surface area (Å²) in [6, 6.07) is 4.66. The Hall–Kier alpha value is -2.92. The summed E-state index contributed by atoms with van der Waals surface area (Å²) < 4.78 is 0. The van der Waals surface area contributed by atoms with E-state index in [0.29, 0.717) is 23.8 Å². The third-order valence-electron chi connectivity index (χ3n) is 3.69. The lowest BCUT2D eigenvalue weighted by Gasteiger charge is -2.45. The lowest BCUT2D eigenvalue weighted by molar-refractivity contribution is -0.134. The maximum absolute atomic E-state index is 9.55. The molecule has 0 aliphatic carbocycles. The molecule has 0 saturated carbocycles. The van der Waals surface area contributed by atoms with E-state index in [-0.39, 0.29) is 0 Å². The van der Waals surface area contributed by atoms with E-state index in [4.69, 9.17) is 15.5 Å². The van der Waals surface area contributed by atoms with Crippen LogP contribution in [0.25, 0.3) is 0 Å². The minimum Gasteiger partial charge on any atom is -0.478 e. The van der Waals surface area contributed by atoms with Crippen LogP contribution < -0.4 is 10.2 Å². The van der Waals surface area contributed by atoms with Crippen LogP contribution in [-0.4, -0.2) is 52.8 Å². The zero-order valence-electron chi connectivity index (χ0n) is 12.2. The molecule has 3 heterocycles. The predicted octanol–water partition coefficient (Wildman–Crippen LogP) is 0.0731. The summed E-state index contributed by atoms with van der Waals surface area (Å²) in [5.41, 5.74) is 1.72. The number of hydrogen-bond donors (Lipinski definition) is 3. The normalized spacial score (nSPS) is 21.6. The van der Waals surface area contributed by atoms with Gasteiger partial charge in [-0.15, -0.1) is 0 Å². The Morgan fingerprint density at radius 3 is 2.57 bits per heavy atom. The number of pyridine rings is 1. The first kappa shape index (κ1) is 16.5. The van der Waals surface area contributed by atoms with Gasteiger partial charge in [-0.25, -0.2) is 9.59 Å². The smallest absolute Gasteiger partial charge is 0.328 e. The molecule has 2 fully saturated rings. The molecule has 2 aliphatic rings. The number of aromatic nitrogens is 1. The number of nitrogens with zero attached hydrogens (tertiary/aromatic N) is 3. The molecule has 0 spiro atoms. The van der Waals surface area contributed by atoms with Crippen LogP contribution in [0.15, 0.2) is 30.6 Å². The van der Waals surface area contributed by atoms with Gasteiger partial charge in [0.2, 0.25) is 0 Å². The molecule has 0 radical (unpaired) electrons. The summed E-state index contributed by atoms with van der Waals surface area (Å²) >= 11 is 0. The van der Waals surface area contributed by atoms with Gasteiger partial charge in [0, 0.05) is 49.9 Å². The number of nitrogens with one attached hydrogen (secondary N) is 1. The van der Waals surface area contributed by atoms with Crippen molar-refractivity contribution in [2.75, 3.05) is 24.5 Å². The molecule has 8 nitrogen and oxygen atoms in total. The molecule has 2 atom stereocenters. The number of aliphatic carboxylic acids is 2. The van der Waals surface area contributed by atoms with Crippen LogP contribution in [0.1, 0.15) is 5.56 Å². The van der Waals surface area contributed by atoms with Gasteiger partial charge in [-0.05, 0) is 6.07 Å². The minimum absolute atomic E-state index is 0.558.